The highest BCUT2D eigenvalue weighted by atomic mass is 19.1. The second-order valence-corrected chi connectivity index (χ2v) is 7.41. The van der Waals surface area contributed by atoms with Crippen LogP contribution in [0, 0.1) is 5.82 Å². The molecule has 4 nitrogen and oxygen atoms in total. The van der Waals surface area contributed by atoms with Gasteiger partial charge >= 0.3 is 0 Å². The van der Waals surface area contributed by atoms with Crippen molar-refractivity contribution in [1.29, 1.82) is 0 Å². The van der Waals surface area contributed by atoms with Gasteiger partial charge in [-0.3, -0.25) is 4.79 Å². The number of benzene rings is 2. The second-order valence-electron chi connectivity index (χ2n) is 7.41. The van der Waals surface area contributed by atoms with Crippen molar-refractivity contribution in [1.82, 2.24) is 10.2 Å². The van der Waals surface area contributed by atoms with E-state index >= 15 is 0 Å². The summed E-state index contributed by atoms with van der Waals surface area (Å²) in [6.45, 7) is 4.74. The van der Waals surface area contributed by atoms with Gasteiger partial charge in [0.2, 0.25) is 0 Å². The van der Waals surface area contributed by atoms with E-state index in [1.807, 2.05) is 0 Å². The molecular formula is C22H26FN3O. The van der Waals surface area contributed by atoms with E-state index in [-0.39, 0.29) is 11.7 Å². The average molecular weight is 367 g/mol. The molecule has 2 aromatic carbocycles. The highest BCUT2D eigenvalue weighted by Crippen LogP contribution is 2.32. The molecule has 0 unspecified atom stereocenters. The SMILES string of the molecule is O=C(NCCN1CCC(N2CCc3ccccc32)CC1)c1ccc(F)cc1. The van der Waals surface area contributed by atoms with E-state index in [9.17, 15) is 9.18 Å². The van der Waals surface area contributed by atoms with Crippen LogP contribution in [0.1, 0.15) is 28.8 Å². The monoisotopic (exact) mass is 367 g/mol. The maximum absolute atomic E-state index is 12.9. The van der Waals surface area contributed by atoms with E-state index in [1.165, 1.54) is 48.4 Å². The van der Waals surface area contributed by atoms with Crippen molar-refractivity contribution in [3.8, 4) is 0 Å². The van der Waals surface area contributed by atoms with E-state index in [1.54, 1.807) is 0 Å². The molecule has 5 heteroatoms. The van der Waals surface area contributed by atoms with Crippen LogP contribution in [-0.2, 0) is 6.42 Å². The summed E-state index contributed by atoms with van der Waals surface area (Å²) in [6, 6.07) is 15.1. The Morgan fingerprint density at radius 1 is 1.04 bits per heavy atom. The maximum Gasteiger partial charge on any atom is 0.251 e. The summed E-state index contributed by atoms with van der Waals surface area (Å²) in [5, 5.41) is 2.93. The Labute approximate surface area is 160 Å². The summed E-state index contributed by atoms with van der Waals surface area (Å²) in [7, 11) is 0. The number of anilines is 1. The molecule has 2 heterocycles. The zero-order valence-electron chi connectivity index (χ0n) is 15.5. The first-order chi connectivity index (χ1) is 13.2. The lowest BCUT2D eigenvalue weighted by molar-refractivity contribution is 0.0945. The van der Waals surface area contributed by atoms with E-state index in [0.29, 0.717) is 18.2 Å². The third-order valence-electron chi connectivity index (χ3n) is 5.74. The van der Waals surface area contributed by atoms with Crippen molar-refractivity contribution >= 4 is 11.6 Å². The molecule has 0 saturated carbocycles. The molecule has 142 valence electrons. The van der Waals surface area contributed by atoms with Crippen molar-refractivity contribution in [2.75, 3.05) is 37.6 Å². The minimum Gasteiger partial charge on any atom is -0.368 e. The number of rotatable bonds is 5. The molecule has 2 aliphatic rings. The number of para-hydroxylation sites is 1. The zero-order valence-corrected chi connectivity index (χ0v) is 15.5. The third kappa shape index (κ3) is 4.14. The summed E-state index contributed by atoms with van der Waals surface area (Å²) in [6.07, 6.45) is 3.49. The summed E-state index contributed by atoms with van der Waals surface area (Å²) in [5.41, 5.74) is 3.40. The number of hydrogen-bond acceptors (Lipinski definition) is 3. The number of hydrogen-bond donors (Lipinski definition) is 1. The molecule has 4 rings (SSSR count). The molecule has 1 saturated heterocycles. The van der Waals surface area contributed by atoms with Crippen LogP contribution < -0.4 is 10.2 Å². The molecule has 1 fully saturated rings. The number of piperidine rings is 1. The standard InChI is InChI=1S/C22H26FN3O/c23-19-7-5-18(6-8-19)22(27)24-12-16-25-13-10-20(11-14-25)26-15-9-17-3-1-2-4-21(17)26/h1-8,20H,9-16H2,(H,24,27). The molecule has 1 N–H and O–H groups in total. The van der Waals surface area contributed by atoms with E-state index in [4.69, 9.17) is 0 Å². The number of nitrogens with zero attached hydrogens (tertiary/aromatic N) is 2. The lowest BCUT2D eigenvalue weighted by atomic mass is 10.0. The van der Waals surface area contributed by atoms with E-state index in [0.717, 1.165) is 32.6 Å². The van der Waals surface area contributed by atoms with Crippen LogP contribution >= 0.6 is 0 Å². The molecular weight excluding hydrogens is 341 g/mol. The molecule has 0 atom stereocenters. The van der Waals surface area contributed by atoms with Crippen molar-refractivity contribution in [2.24, 2.45) is 0 Å². The number of nitrogens with one attached hydrogen (secondary N) is 1. The predicted octanol–water partition coefficient (Wildman–Crippen LogP) is 3.08. The normalized spacial score (nSPS) is 17.7. The summed E-state index contributed by atoms with van der Waals surface area (Å²) in [4.78, 5) is 17.1. The molecule has 2 aliphatic heterocycles. The number of amides is 1. The highest BCUT2D eigenvalue weighted by Gasteiger charge is 2.28. The molecule has 0 radical (unpaired) electrons. The molecule has 0 bridgehead atoms. The highest BCUT2D eigenvalue weighted by molar-refractivity contribution is 5.94. The van der Waals surface area contributed by atoms with Gasteiger partial charge in [0.15, 0.2) is 0 Å². The van der Waals surface area contributed by atoms with Crippen LogP contribution in [0.15, 0.2) is 48.5 Å². The first-order valence-electron chi connectivity index (χ1n) is 9.81. The molecule has 1 amide bonds. The number of carbonyl (C=O) groups is 1. The van der Waals surface area contributed by atoms with Gasteiger partial charge in [-0.2, -0.15) is 0 Å². The fourth-order valence-corrected chi connectivity index (χ4v) is 4.23. The number of halogens is 1. The second kappa shape index (κ2) is 8.09. The van der Waals surface area contributed by atoms with Crippen molar-refractivity contribution in [3.05, 3.63) is 65.5 Å². The summed E-state index contributed by atoms with van der Waals surface area (Å²) >= 11 is 0. The third-order valence-corrected chi connectivity index (χ3v) is 5.74. The van der Waals surface area contributed by atoms with Gasteiger partial charge in [-0.25, -0.2) is 4.39 Å². The quantitative estimate of drug-likeness (QED) is 0.882. The first kappa shape index (κ1) is 18.0. The molecule has 2 aromatic rings. The average Bonchev–Trinajstić information content (AvgIpc) is 3.13. The van der Waals surface area contributed by atoms with Crippen LogP contribution in [0.5, 0.6) is 0 Å². The lowest BCUT2D eigenvalue weighted by Crippen LogP contribution is -2.46. The van der Waals surface area contributed by atoms with Gasteiger partial charge in [0, 0.05) is 50.0 Å². The van der Waals surface area contributed by atoms with Crippen LogP contribution in [0.4, 0.5) is 10.1 Å². The van der Waals surface area contributed by atoms with Gasteiger partial charge < -0.3 is 15.1 Å². The number of carbonyl (C=O) groups excluding carboxylic acids is 1. The fourth-order valence-electron chi connectivity index (χ4n) is 4.23. The largest absolute Gasteiger partial charge is 0.368 e. The Morgan fingerprint density at radius 3 is 2.56 bits per heavy atom. The van der Waals surface area contributed by atoms with Gasteiger partial charge in [-0.05, 0) is 55.2 Å². The van der Waals surface area contributed by atoms with Crippen molar-refractivity contribution in [3.63, 3.8) is 0 Å². The van der Waals surface area contributed by atoms with Crippen LogP contribution in [-0.4, -0.2) is 49.6 Å². The summed E-state index contributed by atoms with van der Waals surface area (Å²) in [5.74, 6) is -0.464. The Bertz CT molecular complexity index is 784. The number of fused-ring (bicyclic) bond motifs is 1. The van der Waals surface area contributed by atoms with E-state index < -0.39 is 0 Å². The van der Waals surface area contributed by atoms with Gasteiger partial charge in [-0.1, -0.05) is 18.2 Å². The summed E-state index contributed by atoms with van der Waals surface area (Å²) < 4.78 is 12.9. The Balaban J connectivity index is 1.21. The van der Waals surface area contributed by atoms with Crippen molar-refractivity contribution < 1.29 is 9.18 Å². The van der Waals surface area contributed by atoms with Crippen molar-refractivity contribution in [2.45, 2.75) is 25.3 Å². The van der Waals surface area contributed by atoms with E-state index in [2.05, 4.69) is 39.4 Å². The predicted molar refractivity (Wildman–Crippen MR) is 106 cm³/mol. The van der Waals surface area contributed by atoms with Crippen LogP contribution in [0.2, 0.25) is 0 Å². The smallest absolute Gasteiger partial charge is 0.251 e. The zero-order chi connectivity index (χ0) is 18.6. The van der Waals surface area contributed by atoms with Gasteiger partial charge in [0.1, 0.15) is 5.82 Å². The molecule has 0 aliphatic carbocycles. The van der Waals surface area contributed by atoms with Crippen LogP contribution in [0.25, 0.3) is 0 Å². The topological polar surface area (TPSA) is 35.6 Å². The lowest BCUT2D eigenvalue weighted by Gasteiger charge is -2.38. The van der Waals surface area contributed by atoms with Gasteiger partial charge in [-0.15, -0.1) is 0 Å². The maximum atomic E-state index is 12.9. The molecule has 27 heavy (non-hydrogen) atoms. The molecule has 0 aromatic heterocycles. The fraction of sp³-hybridized carbons (Fsp3) is 0.409. The first-order valence-corrected chi connectivity index (χ1v) is 9.81. The van der Waals surface area contributed by atoms with Gasteiger partial charge in [0.05, 0.1) is 0 Å². The Hall–Kier alpha value is -2.40. The molecule has 0 spiro atoms. The minimum atomic E-state index is -0.324. The Morgan fingerprint density at radius 2 is 1.78 bits per heavy atom. The van der Waals surface area contributed by atoms with Crippen LogP contribution in [0.3, 0.4) is 0 Å². The minimum absolute atomic E-state index is 0.140. The Kier molecular flexibility index (Phi) is 5.39. The van der Waals surface area contributed by atoms with Gasteiger partial charge in [0.25, 0.3) is 5.91 Å². The number of likely N-dealkylation sites (tertiary alicyclic amines) is 1.